The number of allylic oxidation sites excluding steroid dienone is 1. The van der Waals surface area contributed by atoms with E-state index in [0.717, 1.165) is 33.0 Å². The molecule has 3 nitrogen and oxygen atoms in total. The van der Waals surface area contributed by atoms with E-state index in [1.807, 2.05) is 43.3 Å². The van der Waals surface area contributed by atoms with Crippen molar-refractivity contribution in [3.63, 3.8) is 0 Å². The Kier molecular flexibility index (Phi) is 8.14. The van der Waals surface area contributed by atoms with Crippen LogP contribution in [0.25, 0.3) is 0 Å². The molecule has 0 fully saturated rings. The van der Waals surface area contributed by atoms with Crippen molar-refractivity contribution in [1.82, 2.24) is 0 Å². The van der Waals surface area contributed by atoms with Gasteiger partial charge in [-0.3, -0.25) is 0 Å². The lowest BCUT2D eigenvalue weighted by molar-refractivity contribution is 0.282. The van der Waals surface area contributed by atoms with E-state index in [1.165, 1.54) is 0 Å². The molecule has 0 saturated heterocycles. The highest BCUT2D eigenvalue weighted by Gasteiger charge is 2.14. The standard InChI is InChI=1S/C25H24Cl3NO2/c1-4-6-18-11-17(14-29-23-8-5-7-21(27)16(23)2)12-24(30-3)25(18)31-15-19-9-10-20(26)13-22(19)28/h4-5,7-13,29H,1,6,14-15H2,2-3H3. The van der Waals surface area contributed by atoms with Crippen LogP contribution in [0.5, 0.6) is 11.5 Å². The molecule has 0 radical (unpaired) electrons. The summed E-state index contributed by atoms with van der Waals surface area (Å²) in [5.74, 6) is 1.33. The quantitative estimate of drug-likeness (QED) is 0.319. The molecule has 0 aliphatic heterocycles. The van der Waals surface area contributed by atoms with Crippen molar-refractivity contribution in [2.24, 2.45) is 0 Å². The summed E-state index contributed by atoms with van der Waals surface area (Å²) in [5, 5.41) is 5.33. The van der Waals surface area contributed by atoms with Crippen molar-refractivity contribution in [2.75, 3.05) is 12.4 Å². The summed E-state index contributed by atoms with van der Waals surface area (Å²) in [6.07, 6.45) is 2.49. The number of methoxy groups -OCH3 is 1. The van der Waals surface area contributed by atoms with Gasteiger partial charge in [-0.15, -0.1) is 6.58 Å². The third-order valence-corrected chi connectivity index (χ3v) is 5.91. The molecule has 0 saturated carbocycles. The molecule has 0 aliphatic rings. The summed E-state index contributed by atoms with van der Waals surface area (Å²) in [4.78, 5) is 0. The maximum absolute atomic E-state index is 6.29. The maximum atomic E-state index is 6.29. The number of ether oxygens (including phenoxy) is 2. The molecule has 0 spiro atoms. The van der Waals surface area contributed by atoms with Crippen molar-refractivity contribution in [2.45, 2.75) is 26.5 Å². The lowest BCUT2D eigenvalue weighted by atomic mass is 10.0. The van der Waals surface area contributed by atoms with Crippen molar-refractivity contribution < 1.29 is 9.47 Å². The van der Waals surface area contributed by atoms with Crippen LogP contribution in [-0.4, -0.2) is 7.11 Å². The van der Waals surface area contributed by atoms with Crippen molar-refractivity contribution >= 4 is 40.5 Å². The number of rotatable bonds is 9. The van der Waals surface area contributed by atoms with Gasteiger partial charge in [0.05, 0.1) is 7.11 Å². The minimum Gasteiger partial charge on any atom is -0.493 e. The number of hydrogen-bond acceptors (Lipinski definition) is 3. The Bertz CT molecular complexity index is 1080. The molecule has 0 heterocycles. The molecule has 1 N–H and O–H groups in total. The van der Waals surface area contributed by atoms with Gasteiger partial charge in [0.25, 0.3) is 0 Å². The van der Waals surface area contributed by atoms with Crippen LogP contribution in [0, 0.1) is 6.92 Å². The number of halogens is 3. The van der Waals surface area contributed by atoms with E-state index in [4.69, 9.17) is 44.3 Å². The summed E-state index contributed by atoms with van der Waals surface area (Å²) < 4.78 is 11.8. The van der Waals surface area contributed by atoms with Crippen LogP contribution in [0.2, 0.25) is 15.1 Å². The van der Waals surface area contributed by atoms with Crippen LogP contribution < -0.4 is 14.8 Å². The second-order valence-electron chi connectivity index (χ2n) is 7.07. The van der Waals surface area contributed by atoms with Gasteiger partial charge in [-0.05, 0) is 60.9 Å². The number of hydrogen-bond donors (Lipinski definition) is 1. The van der Waals surface area contributed by atoms with Gasteiger partial charge in [0, 0.05) is 38.4 Å². The molecule has 0 aliphatic carbocycles. The lowest BCUT2D eigenvalue weighted by Crippen LogP contribution is -2.05. The predicted octanol–water partition coefficient (Wildman–Crippen LogP) is 7.88. The molecule has 3 rings (SSSR count). The second kappa shape index (κ2) is 10.8. The van der Waals surface area contributed by atoms with E-state index in [0.29, 0.717) is 41.1 Å². The van der Waals surface area contributed by atoms with Gasteiger partial charge in [-0.1, -0.05) is 53.0 Å². The van der Waals surface area contributed by atoms with E-state index in [2.05, 4.69) is 18.0 Å². The molecular formula is C25H24Cl3NO2. The Hall–Kier alpha value is -2.33. The molecule has 0 atom stereocenters. The largest absolute Gasteiger partial charge is 0.493 e. The first-order valence-corrected chi connectivity index (χ1v) is 10.9. The molecule has 0 unspecified atom stereocenters. The Morgan fingerprint density at radius 3 is 2.52 bits per heavy atom. The molecule has 0 aromatic heterocycles. The lowest BCUT2D eigenvalue weighted by Gasteiger charge is -2.18. The predicted molar refractivity (Wildman–Crippen MR) is 131 cm³/mol. The van der Waals surface area contributed by atoms with Gasteiger partial charge in [0.2, 0.25) is 0 Å². The van der Waals surface area contributed by atoms with Crippen LogP contribution in [0.1, 0.15) is 22.3 Å². The highest BCUT2D eigenvalue weighted by Crippen LogP contribution is 2.35. The zero-order valence-corrected chi connectivity index (χ0v) is 19.7. The van der Waals surface area contributed by atoms with Crippen LogP contribution in [0.3, 0.4) is 0 Å². The Labute approximate surface area is 198 Å². The summed E-state index contributed by atoms with van der Waals surface area (Å²) in [6, 6.07) is 15.2. The van der Waals surface area contributed by atoms with Gasteiger partial charge in [0.1, 0.15) is 6.61 Å². The third-order valence-electron chi connectivity index (χ3n) is 4.91. The average Bonchev–Trinajstić information content (AvgIpc) is 2.75. The van der Waals surface area contributed by atoms with Crippen LogP contribution in [-0.2, 0) is 19.6 Å². The fraction of sp³-hybridized carbons (Fsp3) is 0.200. The van der Waals surface area contributed by atoms with E-state index in [-0.39, 0.29) is 0 Å². The highest BCUT2D eigenvalue weighted by atomic mass is 35.5. The zero-order chi connectivity index (χ0) is 22.4. The number of nitrogens with one attached hydrogen (secondary N) is 1. The van der Waals surface area contributed by atoms with Gasteiger partial charge < -0.3 is 14.8 Å². The molecule has 6 heteroatoms. The molecule has 31 heavy (non-hydrogen) atoms. The SMILES string of the molecule is C=CCc1cc(CNc2cccc(Cl)c2C)cc(OC)c1OCc1ccc(Cl)cc1Cl. The molecular weight excluding hydrogens is 453 g/mol. The summed E-state index contributed by atoms with van der Waals surface area (Å²) >= 11 is 18.5. The van der Waals surface area contributed by atoms with Crippen LogP contribution in [0.15, 0.2) is 61.2 Å². The third kappa shape index (κ3) is 5.88. The second-order valence-corrected chi connectivity index (χ2v) is 8.32. The molecule has 162 valence electrons. The number of anilines is 1. The first-order valence-electron chi connectivity index (χ1n) is 9.79. The van der Waals surface area contributed by atoms with Gasteiger partial charge in [-0.25, -0.2) is 0 Å². The van der Waals surface area contributed by atoms with Crippen molar-refractivity contribution in [1.29, 1.82) is 0 Å². The van der Waals surface area contributed by atoms with Crippen molar-refractivity contribution in [3.8, 4) is 11.5 Å². The minimum atomic E-state index is 0.301. The smallest absolute Gasteiger partial charge is 0.165 e. The Morgan fingerprint density at radius 1 is 1.00 bits per heavy atom. The average molecular weight is 477 g/mol. The molecule has 3 aromatic rings. The van der Waals surface area contributed by atoms with Gasteiger partial charge >= 0.3 is 0 Å². The van der Waals surface area contributed by atoms with E-state index >= 15 is 0 Å². The highest BCUT2D eigenvalue weighted by molar-refractivity contribution is 6.35. The monoisotopic (exact) mass is 475 g/mol. The Balaban J connectivity index is 1.84. The maximum Gasteiger partial charge on any atom is 0.165 e. The van der Waals surface area contributed by atoms with Gasteiger partial charge in [-0.2, -0.15) is 0 Å². The fourth-order valence-corrected chi connectivity index (χ4v) is 3.87. The van der Waals surface area contributed by atoms with Gasteiger partial charge in [0.15, 0.2) is 11.5 Å². The van der Waals surface area contributed by atoms with Crippen LogP contribution in [0.4, 0.5) is 5.69 Å². The minimum absolute atomic E-state index is 0.301. The van der Waals surface area contributed by atoms with E-state index in [1.54, 1.807) is 19.2 Å². The number of benzene rings is 3. The van der Waals surface area contributed by atoms with E-state index in [9.17, 15) is 0 Å². The Morgan fingerprint density at radius 2 is 1.81 bits per heavy atom. The first-order chi connectivity index (χ1) is 14.9. The fourth-order valence-electron chi connectivity index (χ4n) is 3.23. The summed E-state index contributed by atoms with van der Waals surface area (Å²) in [7, 11) is 1.63. The molecule has 0 amide bonds. The summed E-state index contributed by atoms with van der Waals surface area (Å²) in [6.45, 7) is 6.79. The zero-order valence-electron chi connectivity index (χ0n) is 17.5. The summed E-state index contributed by atoms with van der Waals surface area (Å²) in [5.41, 5.74) is 4.90. The normalized spacial score (nSPS) is 10.6. The molecule has 3 aromatic carbocycles. The van der Waals surface area contributed by atoms with Crippen LogP contribution >= 0.6 is 34.8 Å². The van der Waals surface area contributed by atoms with Crippen molar-refractivity contribution in [3.05, 3.63) is 98.5 Å². The first kappa shape index (κ1) is 23.3. The molecule has 0 bridgehead atoms. The topological polar surface area (TPSA) is 30.5 Å². The van der Waals surface area contributed by atoms with E-state index < -0.39 is 0 Å².